The zero-order chi connectivity index (χ0) is 18.1. The maximum atomic E-state index is 11.8. The minimum atomic E-state index is -0.378. The third-order valence-corrected chi connectivity index (χ3v) is 5.21. The fourth-order valence-corrected chi connectivity index (χ4v) is 3.64. The molecule has 0 spiro atoms. The first kappa shape index (κ1) is 17.1. The predicted molar refractivity (Wildman–Crippen MR) is 104 cm³/mol. The molecule has 130 valence electrons. The smallest absolute Gasteiger partial charge is 0.336 e. The van der Waals surface area contributed by atoms with Gasteiger partial charge in [0, 0.05) is 27.2 Å². The molecule has 0 saturated carbocycles. The summed E-state index contributed by atoms with van der Waals surface area (Å²) in [5, 5.41) is 9.52. The molecular formula is C19H13BrN2O3S. The summed E-state index contributed by atoms with van der Waals surface area (Å²) >= 11 is 4.77. The highest BCUT2D eigenvalue weighted by atomic mass is 79.9. The van der Waals surface area contributed by atoms with Crippen molar-refractivity contribution in [2.45, 2.75) is 17.9 Å². The van der Waals surface area contributed by atoms with E-state index in [1.165, 1.54) is 23.4 Å². The van der Waals surface area contributed by atoms with Crippen molar-refractivity contribution in [1.82, 2.24) is 10.2 Å². The Kier molecular flexibility index (Phi) is 4.65. The monoisotopic (exact) mass is 428 g/mol. The van der Waals surface area contributed by atoms with Crippen LogP contribution < -0.4 is 5.63 Å². The van der Waals surface area contributed by atoms with Gasteiger partial charge in [-0.3, -0.25) is 0 Å². The number of hydrogen-bond donors (Lipinski definition) is 0. The molecule has 5 nitrogen and oxygen atoms in total. The lowest BCUT2D eigenvalue weighted by molar-refractivity contribution is 0.466. The molecule has 0 fully saturated rings. The van der Waals surface area contributed by atoms with Gasteiger partial charge < -0.3 is 8.83 Å². The Balaban J connectivity index is 1.57. The molecule has 0 amide bonds. The van der Waals surface area contributed by atoms with E-state index in [1.807, 2.05) is 43.3 Å². The van der Waals surface area contributed by atoms with Gasteiger partial charge in [0.2, 0.25) is 5.89 Å². The molecule has 4 rings (SSSR count). The molecule has 0 aliphatic heterocycles. The van der Waals surface area contributed by atoms with Crippen molar-refractivity contribution in [2.75, 3.05) is 0 Å². The van der Waals surface area contributed by atoms with Crippen molar-refractivity contribution in [3.05, 3.63) is 74.6 Å². The van der Waals surface area contributed by atoms with Crippen molar-refractivity contribution in [3.8, 4) is 11.5 Å². The lowest BCUT2D eigenvalue weighted by Gasteiger charge is -2.04. The number of fused-ring (bicyclic) bond motifs is 1. The van der Waals surface area contributed by atoms with Crippen LogP contribution in [0.15, 0.2) is 71.9 Å². The van der Waals surface area contributed by atoms with Gasteiger partial charge in [0.05, 0.1) is 0 Å². The first-order valence-corrected chi connectivity index (χ1v) is 9.62. The van der Waals surface area contributed by atoms with Gasteiger partial charge in [0.25, 0.3) is 5.22 Å². The van der Waals surface area contributed by atoms with Crippen molar-refractivity contribution in [3.63, 3.8) is 0 Å². The SMILES string of the molecule is Cc1ccc(-c2nnc(SCc3cc(=O)oc4cc(Br)ccc34)o2)cc1. The number of nitrogens with zero attached hydrogens (tertiary/aromatic N) is 2. The normalized spacial score (nSPS) is 11.2. The Morgan fingerprint density at radius 1 is 1.04 bits per heavy atom. The van der Waals surface area contributed by atoms with Crippen molar-refractivity contribution < 1.29 is 8.83 Å². The molecule has 2 aromatic heterocycles. The van der Waals surface area contributed by atoms with Crippen molar-refractivity contribution in [1.29, 1.82) is 0 Å². The number of rotatable bonds is 4. The second kappa shape index (κ2) is 7.09. The fraction of sp³-hybridized carbons (Fsp3) is 0.105. The van der Waals surface area contributed by atoms with E-state index in [0.717, 1.165) is 21.0 Å². The van der Waals surface area contributed by atoms with Crippen LogP contribution in [0, 0.1) is 6.92 Å². The standard InChI is InChI=1S/C19H13BrN2O3S/c1-11-2-4-12(5-3-11)18-21-22-19(25-18)26-10-13-8-17(23)24-16-9-14(20)6-7-15(13)16/h2-9H,10H2,1H3. The Hall–Kier alpha value is -2.38. The summed E-state index contributed by atoms with van der Waals surface area (Å²) in [5.41, 5.74) is 3.09. The summed E-state index contributed by atoms with van der Waals surface area (Å²) < 4.78 is 11.8. The zero-order valence-electron chi connectivity index (χ0n) is 13.7. The third-order valence-electron chi connectivity index (χ3n) is 3.85. The lowest BCUT2D eigenvalue weighted by atomic mass is 10.1. The molecular weight excluding hydrogens is 416 g/mol. The summed E-state index contributed by atoms with van der Waals surface area (Å²) in [7, 11) is 0. The molecule has 0 N–H and O–H groups in total. The van der Waals surface area contributed by atoms with Crippen LogP contribution in [0.25, 0.3) is 22.4 Å². The first-order chi connectivity index (χ1) is 12.6. The molecule has 0 aliphatic carbocycles. The molecule has 2 heterocycles. The molecule has 0 unspecified atom stereocenters. The quantitative estimate of drug-likeness (QED) is 0.328. The van der Waals surface area contributed by atoms with E-state index >= 15 is 0 Å². The maximum Gasteiger partial charge on any atom is 0.336 e. The van der Waals surface area contributed by atoms with Crippen LogP contribution in [0.4, 0.5) is 0 Å². The third kappa shape index (κ3) is 3.59. The Labute approximate surface area is 161 Å². The number of halogens is 1. The molecule has 2 aromatic carbocycles. The molecule has 0 bridgehead atoms. The highest BCUT2D eigenvalue weighted by Gasteiger charge is 2.12. The molecule has 4 aromatic rings. The second-order valence-electron chi connectivity index (χ2n) is 5.76. The molecule has 0 saturated heterocycles. The number of aryl methyl sites for hydroxylation is 1. The van der Waals surface area contributed by atoms with Gasteiger partial charge in [0.15, 0.2) is 0 Å². The second-order valence-corrected chi connectivity index (χ2v) is 7.60. The van der Waals surface area contributed by atoms with Crippen LogP contribution in [-0.4, -0.2) is 10.2 Å². The van der Waals surface area contributed by atoms with Crippen molar-refractivity contribution >= 4 is 38.7 Å². The molecule has 0 radical (unpaired) electrons. The van der Waals surface area contributed by atoms with E-state index in [1.54, 1.807) is 6.07 Å². The number of aromatic nitrogens is 2. The summed E-state index contributed by atoms with van der Waals surface area (Å²) in [6, 6.07) is 15.0. The van der Waals surface area contributed by atoms with Crippen LogP contribution >= 0.6 is 27.7 Å². The van der Waals surface area contributed by atoms with E-state index in [9.17, 15) is 4.79 Å². The van der Waals surface area contributed by atoms with Crippen LogP contribution in [0.2, 0.25) is 0 Å². The van der Waals surface area contributed by atoms with Crippen LogP contribution in [0.1, 0.15) is 11.1 Å². The van der Waals surface area contributed by atoms with E-state index in [-0.39, 0.29) is 5.63 Å². The highest BCUT2D eigenvalue weighted by molar-refractivity contribution is 9.10. The van der Waals surface area contributed by atoms with Gasteiger partial charge in [0.1, 0.15) is 5.58 Å². The summed E-state index contributed by atoms with van der Waals surface area (Å²) in [4.78, 5) is 11.8. The van der Waals surface area contributed by atoms with Crippen LogP contribution in [-0.2, 0) is 5.75 Å². The van der Waals surface area contributed by atoms with Gasteiger partial charge >= 0.3 is 5.63 Å². The largest absolute Gasteiger partial charge is 0.423 e. The zero-order valence-corrected chi connectivity index (χ0v) is 16.1. The average Bonchev–Trinajstić information content (AvgIpc) is 3.08. The molecule has 7 heteroatoms. The molecule has 0 aliphatic rings. The van der Waals surface area contributed by atoms with Gasteiger partial charge in [-0.15, -0.1) is 10.2 Å². The highest BCUT2D eigenvalue weighted by Crippen LogP contribution is 2.29. The maximum absolute atomic E-state index is 11.8. The minimum absolute atomic E-state index is 0.378. The van der Waals surface area contributed by atoms with Crippen molar-refractivity contribution in [2.24, 2.45) is 0 Å². The number of benzene rings is 2. The van der Waals surface area contributed by atoms with Gasteiger partial charge in [-0.2, -0.15) is 0 Å². The summed E-state index contributed by atoms with van der Waals surface area (Å²) in [6.07, 6.45) is 0. The Bertz CT molecular complexity index is 1140. The first-order valence-electron chi connectivity index (χ1n) is 7.84. The number of hydrogen-bond acceptors (Lipinski definition) is 6. The van der Waals surface area contributed by atoms with Gasteiger partial charge in [-0.25, -0.2) is 4.79 Å². The van der Waals surface area contributed by atoms with Crippen LogP contribution in [0.3, 0.4) is 0 Å². The van der Waals surface area contributed by atoms with E-state index < -0.39 is 0 Å². The molecule has 0 atom stereocenters. The summed E-state index contributed by atoms with van der Waals surface area (Å²) in [6.45, 7) is 2.03. The van der Waals surface area contributed by atoms with E-state index in [2.05, 4.69) is 26.1 Å². The Morgan fingerprint density at radius 2 is 1.85 bits per heavy atom. The number of thioether (sulfide) groups is 1. The van der Waals surface area contributed by atoms with E-state index in [0.29, 0.717) is 22.4 Å². The Morgan fingerprint density at radius 3 is 2.65 bits per heavy atom. The topological polar surface area (TPSA) is 69.1 Å². The predicted octanol–water partition coefficient (Wildman–Crippen LogP) is 5.21. The molecule has 26 heavy (non-hydrogen) atoms. The van der Waals surface area contributed by atoms with E-state index in [4.69, 9.17) is 8.83 Å². The lowest BCUT2D eigenvalue weighted by Crippen LogP contribution is -1.99. The van der Waals surface area contributed by atoms with Gasteiger partial charge in [-0.05, 0) is 42.8 Å². The van der Waals surface area contributed by atoms with Gasteiger partial charge in [-0.1, -0.05) is 45.4 Å². The average molecular weight is 429 g/mol. The van der Waals surface area contributed by atoms with Crippen LogP contribution in [0.5, 0.6) is 0 Å². The fourth-order valence-electron chi connectivity index (χ4n) is 2.54. The summed E-state index contributed by atoms with van der Waals surface area (Å²) in [5.74, 6) is 1.01. The minimum Gasteiger partial charge on any atom is -0.423 e.